The van der Waals surface area contributed by atoms with E-state index in [0.29, 0.717) is 5.41 Å². The molecule has 2 atom stereocenters. The highest BCUT2D eigenvalue weighted by Crippen LogP contribution is 2.49. The van der Waals surface area contributed by atoms with Crippen molar-refractivity contribution in [2.75, 3.05) is 0 Å². The van der Waals surface area contributed by atoms with Crippen molar-refractivity contribution in [3.05, 3.63) is 0 Å². The lowest BCUT2D eigenvalue weighted by atomic mass is 9.63. The van der Waals surface area contributed by atoms with Gasteiger partial charge in [-0.1, -0.05) is 150 Å². The summed E-state index contributed by atoms with van der Waals surface area (Å²) in [6.07, 6.45) is 34.2. The van der Waals surface area contributed by atoms with Crippen molar-refractivity contribution in [2.24, 2.45) is 17.3 Å². The third-order valence-electron chi connectivity index (χ3n) is 8.22. The van der Waals surface area contributed by atoms with E-state index in [-0.39, 0.29) is 0 Å². The van der Waals surface area contributed by atoms with Crippen LogP contribution in [0.1, 0.15) is 175 Å². The molecule has 30 heavy (non-hydrogen) atoms. The van der Waals surface area contributed by atoms with Crippen LogP contribution in [-0.4, -0.2) is 0 Å². The summed E-state index contributed by atoms with van der Waals surface area (Å²) in [5.41, 5.74) is 0.713. The van der Waals surface area contributed by atoms with E-state index < -0.39 is 0 Å². The van der Waals surface area contributed by atoms with Crippen LogP contribution in [0.5, 0.6) is 0 Å². The predicted octanol–water partition coefficient (Wildman–Crippen LogP) is 11.3. The Kier molecular flexibility index (Phi) is 17.3. The monoisotopic (exact) mass is 420 g/mol. The Hall–Kier alpha value is 0. The Morgan fingerprint density at radius 2 is 0.867 bits per heavy atom. The number of hydrogen-bond acceptors (Lipinski definition) is 0. The first kappa shape index (κ1) is 28.0. The van der Waals surface area contributed by atoms with Gasteiger partial charge in [-0.3, -0.25) is 0 Å². The zero-order valence-corrected chi connectivity index (χ0v) is 21.9. The molecule has 1 aliphatic rings. The van der Waals surface area contributed by atoms with E-state index in [0.717, 1.165) is 11.8 Å². The van der Waals surface area contributed by atoms with Gasteiger partial charge >= 0.3 is 0 Å². The van der Waals surface area contributed by atoms with Gasteiger partial charge in [0.05, 0.1) is 0 Å². The summed E-state index contributed by atoms with van der Waals surface area (Å²) < 4.78 is 0. The van der Waals surface area contributed by atoms with Gasteiger partial charge in [0.2, 0.25) is 0 Å². The summed E-state index contributed by atoms with van der Waals surface area (Å²) in [4.78, 5) is 0. The van der Waals surface area contributed by atoms with Crippen molar-refractivity contribution < 1.29 is 0 Å². The van der Waals surface area contributed by atoms with Gasteiger partial charge in [-0.15, -0.1) is 0 Å². The molecule has 0 heterocycles. The maximum absolute atomic E-state index is 2.39. The topological polar surface area (TPSA) is 0 Å². The lowest BCUT2D eigenvalue weighted by Gasteiger charge is -2.43. The molecule has 0 radical (unpaired) electrons. The number of unbranched alkanes of at least 4 members (excludes halogenated alkanes) is 8. The molecule has 2 unspecified atom stereocenters. The predicted molar refractivity (Wildman–Crippen MR) is 138 cm³/mol. The standard InChI is InChI=1S/C30H60/c1-5-9-13-16-22-28(20-11-7-3)26-30(24-18-15-19-25-30)27-29(21-12-8-4)23-17-14-10-6-2/h28-29H,5-27H2,1-4H3. The van der Waals surface area contributed by atoms with Crippen LogP contribution in [-0.2, 0) is 0 Å². The third kappa shape index (κ3) is 12.8. The van der Waals surface area contributed by atoms with Crippen molar-refractivity contribution in [3.63, 3.8) is 0 Å². The second-order valence-corrected chi connectivity index (χ2v) is 11.2. The molecular weight excluding hydrogens is 360 g/mol. The van der Waals surface area contributed by atoms with Crippen molar-refractivity contribution in [3.8, 4) is 0 Å². The molecule has 0 spiro atoms. The Bertz CT molecular complexity index is 323. The van der Waals surface area contributed by atoms with E-state index in [4.69, 9.17) is 0 Å². The van der Waals surface area contributed by atoms with Crippen LogP contribution in [0.15, 0.2) is 0 Å². The minimum Gasteiger partial charge on any atom is -0.0654 e. The third-order valence-corrected chi connectivity index (χ3v) is 8.22. The number of hydrogen-bond donors (Lipinski definition) is 0. The van der Waals surface area contributed by atoms with Crippen molar-refractivity contribution in [1.82, 2.24) is 0 Å². The molecule has 0 aliphatic heterocycles. The summed E-state index contributed by atoms with van der Waals surface area (Å²) in [5.74, 6) is 2.04. The molecular formula is C30H60. The molecule has 1 fully saturated rings. The van der Waals surface area contributed by atoms with Gasteiger partial charge in [0, 0.05) is 0 Å². The highest BCUT2D eigenvalue weighted by Gasteiger charge is 2.36. The Labute approximate surface area is 192 Å². The molecule has 0 aromatic heterocycles. The minimum absolute atomic E-state index is 0.713. The lowest BCUT2D eigenvalue weighted by molar-refractivity contribution is 0.0904. The van der Waals surface area contributed by atoms with Crippen LogP contribution in [0.4, 0.5) is 0 Å². The lowest BCUT2D eigenvalue weighted by Crippen LogP contribution is -2.30. The fourth-order valence-corrected chi connectivity index (χ4v) is 6.42. The van der Waals surface area contributed by atoms with Gasteiger partial charge in [-0.25, -0.2) is 0 Å². The van der Waals surface area contributed by atoms with Crippen LogP contribution in [0, 0.1) is 17.3 Å². The van der Waals surface area contributed by atoms with Gasteiger partial charge in [0.25, 0.3) is 0 Å². The molecule has 1 aliphatic carbocycles. The SMILES string of the molecule is CCCCCCC(CCCC)CC1(CC(CCCC)CCCCCC)CCCCC1. The van der Waals surface area contributed by atoms with Gasteiger partial charge in [-0.05, 0) is 42.9 Å². The maximum Gasteiger partial charge on any atom is -0.0292 e. The van der Waals surface area contributed by atoms with E-state index in [1.54, 1.807) is 25.7 Å². The Morgan fingerprint density at radius 3 is 1.27 bits per heavy atom. The molecule has 1 rings (SSSR count). The molecule has 180 valence electrons. The van der Waals surface area contributed by atoms with Crippen LogP contribution in [0.3, 0.4) is 0 Å². The molecule has 0 aromatic carbocycles. The van der Waals surface area contributed by atoms with Gasteiger partial charge < -0.3 is 0 Å². The molecule has 0 amide bonds. The molecule has 0 bridgehead atoms. The first-order valence-electron chi connectivity index (χ1n) is 14.7. The van der Waals surface area contributed by atoms with E-state index in [2.05, 4.69) is 27.7 Å². The van der Waals surface area contributed by atoms with Gasteiger partial charge in [0.15, 0.2) is 0 Å². The zero-order valence-electron chi connectivity index (χ0n) is 21.9. The smallest absolute Gasteiger partial charge is 0.0292 e. The summed E-state index contributed by atoms with van der Waals surface area (Å²) in [6, 6.07) is 0. The number of rotatable bonds is 20. The maximum atomic E-state index is 2.39. The Balaban J connectivity index is 2.75. The van der Waals surface area contributed by atoms with Crippen molar-refractivity contribution >= 4 is 0 Å². The zero-order chi connectivity index (χ0) is 21.9. The van der Waals surface area contributed by atoms with Crippen molar-refractivity contribution in [2.45, 2.75) is 175 Å². The molecule has 0 heteroatoms. The minimum atomic E-state index is 0.713. The van der Waals surface area contributed by atoms with E-state index >= 15 is 0 Å². The summed E-state index contributed by atoms with van der Waals surface area (Å²) in [7, 11) is 0. The van der Waals surface area contributed by atoms with Crippen LogP contribution >= 0.6 is 0 Å². The van der Waals surface area contributed by atoms with E-state index in [1.165, 1.54) is 122 Å². The fraction of sp³-hybridized carbons (Fsp3) is 1.00. The molecule has 1 saturated carbocycles. The summed E-state index contributed by atoms with van der Waals surface area (Å²) in [5, 5.41) is 0. The first-order chi connectivity index (χ1) is 14.7. The quantitative estimate of drug-likeness (QED) is 0.172. The highest BCUT2D eigenvalue weighted by atomic mass is 14.4. The molecule has 0 N–H and O–H groups in total. The van der Waals surface area contributed by atoms with Gasteiger partial charge in [0.1, 0.15) is 0 Å². The highest BCUT2D eigenvalue weighted by molar-refractivity contribution is 4.87. The van der Waals surface area contributed by atoms with E-state index in [9.17, 15) is 0 Å². The van der Waals surface area contributed by atoms with Crippen LogP contribution in [0.2, 0.25) is 0 Å². The first-order valence-corrected chi connectivity index (χ1v) is 14.7. The molecule has 0 aromatic rings. The molecule has 0 nitrogen and oxygen atoms in total. The molecule has 0 saturated heterocycles. The average Bonchev–Trinajstić information content (AvgIpc) is 2.76. The summed E-state index contributed by atoms with van der Waals surface area (Å²) in [6.45, 7) is 9.48. The normalized spacial score (nSPS) is 18.4. The second kappa shape index (κ2) is 18.6. The average molecular weight is 421 g/mol. The fourth-order valence-electron chi connectivity index (χ4n) is 6.42. The van der Waals surface area contributed by atoms with Crippen LogP contribution < -0.4 is 0 Å². The van der Waals surface area contributed by atoms with Gasteiger partial charge in [-0.2, -0.15) is 0 Å². The largest absolute Gasteiger partial charge is 0.0654 e. The summed E-state index contributed by atoms with van der Waals surface area (Å²) >= 11 is 0. The van der Waals surface area contributed by atoms with E-state index in [1.807, 2.05) is 0 Å². The Morgan fingerprint density at radius 1 is 0.467 bits per heavy atom. The van der Waals surface area contributed by atoms with Crippen LogP contribution in [0.25, 0.3) is 0 Å². The second-order valence-electron chi connectivity index (χ2n) is 11.2. The van der Waals surface area contributed by atoms with Crippen molar-refractivity contribution in [1.29, 1.82) is 0 Å².